The third-order valence-corrected chi connectivity index (χ3v) is 10.2. The summed E-state index contributed by atoms with van der Waals surface area (Å²) in [7, 11) is -14.6. The maximum atomic E-state index is 12.2. The van der Waals surface area contributed by atoms with Gasteiger partial charge in [0.2, 0.25) is 0 Å². The van der Waals surface area contributed by atoms with Crippen molar-refractivity contribution in [3.63, 3.8) is 0 Å². The summed E-state index contributed by atoms with van der Waals surface area (Å²) in [6, 6.07) is 20.8. The van der Waals surface area contributed by atoms with Crippen LogP contribution in [0.3, 0.4) is 0 Å². The summed E-state index contributed by atoms with van der Waals surface area (Å²) >= 11 is 0. The fourth-order valence-electron chi connectivity index (χ4n) is 5.24. The Balaban J connectivity index is 0.00000541. The molecule has 6 aromatic carbocycles. The Kier molecular flexibility index (Phi) is 10.7. The monoisotopic (exact) mass is 787 g/mol. The molecule has 0 saturated heterocycles. The number of nitrogens with two attached hydrogens (primary N) is 2. The molecule has 0 aromatic heterocycles. The predicted octanol–water partition coefficient (Wildman–Crippen LogP) is 3.81. The van der Waals surface area contributed by atoms with Gasteiger partial charge in [0, 0.05) is 22.1 Å². The van der Waals surface area contributed by atoms with E-state index in [0.29, 0.717) is 22.2 Å². The molecule has 0 unspecified atom stereocenters. The summed E-state index contributed by atoms with van der Waals surface area (Å²) < 4.78 is 101. The summed E-state index contributed by atoms with van der Waals surface area (Å²) in [4.78, 5) is -2.23. The van der Waals surface area contributed by atoms with Gasteiger partial charge in [-0.15, -0.1) is 10.2 Å². The maximum Gasteiger partial charge on any atom is 1.00 e. The van der Waals surface area contributed by atoms with E-state index in [-0.39, 0.29) is 62.8 Å². The van der Waals surface area contributed by atoms with E-state index >= 15 is 0 Å². The van der Waals surface area contributed by atoms with Gasteiger partial charge in [-0.1, -0.05) is 30.3 Å². The van der Waals surface area contributed by atoms with Crippen molar-refractivity contribution in [1.29, 1.82) is 0 Å². The van der Waals surface area contributed by atoms with E-state index in [2.05, 4.69) is 20.5 Å². The zero-order valence-electron chi connectivity index (χ0n) is 27.0. The Morgan fingerprint density at radius 1 is 0.509 bits per heavy atom. The van der Waals surface area contributed by atoms with Crippen LogP contribution in [0.1, 0.15) is 0 Å². The molecule has 0 aliphatic rings. The van der Waals surface area contributed by atoms with Gasteiger partial charge in [-0.2, -0.15) is 35.5 Å². The quantitative estimate of drug-likeness (QED) is 0.0500. The van der Waals surface area contributed by atoms with Crippen molar-refractivity contribution >= 4 is 86.0 Å². The van der Waals surface area contributed by atoms with E-state index in [0.717, 1.165) is 24.3 Å². The van der Waals surface area contributed by atoms with Crippen LogP contribution in [0.2, 0.25) is 0 Å². The van der Waals surface area contributed by atoms with Crippen molar-refractivity contribution in [3.05, 3.63) is 91.0 Å². The van der Waals surface area contributed by atoms with Gasteiger partial charge in [-0.25, -0.2) is 0 Å². The molecule has 0 saturated carbocycles. The molecular weight excluding hydrogens is 764 g/mol. The van der Waals surface area contributed by atoms with Crippen LogP contribution in [0.5, 0.6) is 11.5 Å². The van der Waals surface area contributed by atoms with Gasteiger partial charge in [-0.3, -0.25) is 13.7 Å². The molecule has 0 bridgehead atoms. The minimum atomic E-state index is -5.04. The summed E-state index contributed by atoms with van der Waals surface area (Å²) in [6.45, 7) is 0. The first-order valence-corrected chi connectivity index (χ1v) is 18.7. The number of nitrogens with zero attached hydrogens (tertiary/aromatic N) is 4. The van der Waals surface area contributed by atoms with Crippen molar-refractivity contribution in [1.82, 2.24) is 0 Å². The van der Waals surface area contributed by atoms with E-state index in [4.69, 9.17) is 11.5 Å². The topological polar surface area (TPSA) is 305 Å². The number of nitrogen functional groups attached to an aromatic ring is 2. The smallest absolute Gasteiger partial charge is 0.505 e. The molecule has 0 aliphatic carbocycles. The Hall–Kier alpha value is -5.03. The molecule has 6 rings (SSSR count). The Morgan fingerprint density at radius 3 is 1.45 bits per heavy atom. The van der Waals surface area contributed by atoms with Crippen LogP contribution in [0.15, 0.2) is 126 Å². The fraction of sp³-hybridized carbons (Fsp3) is 0. The second-order valence-electron chi connectivity index (χ2n) is 11.2. The number of aromatic hydroxyl groups is 2. The van der Waals surface area contributed by atoms with E-state index < -0.39 is 67.9 Å². The average molecular weight is 788 g/mol. The van der Waals surface area contributed by atoms with Gasteiger partial charge >= 0.3 is 29.6 Å². The fourth-order valence-corrected chi connectivity index (χ4v) is 7.11. The van der Waals surface area contributed by atoms with E-state index in [1.807, 2.05) is 0 Å². The van der Waals surface area contributed by atoms with Gasteiger partial charge in [0.15, 0.2) is 11.5 Å². The largest absolute Gasteiger partial charge is 1.00 e. The van der Waals surface area contributed by atoms with E-state index in [1.54, 1.807) is 36.4 Å². The van der Waals surface area contributed by atoms with Crippen molar-refractivity contribution < 1.29 is 78.7 Å². The van der Waals surface area contributed by atoms with Gasteiger partial charge in [-0.05, 0) is 82.6 Å². The Labute approximate surface area is 322 Å². The maximum absolute atomic E-state index is 12.2. The Morgan fingerprint density at radius 2 is 0.981 bits per heavy atom. The van der Waals surface area contributed by atoms with Crippen molar-refractivity contribution in [2.24, 2.45) is 20.5 Å². The van der Waals surface area contributed by atoms with Crippen LogP contribution < -0.4 is 41.0 Å². The molecule has 53 heavy (non-hydrogen) atoms. The molecule has 0 spiro atoms. The minimum absolute atomic E-state index is 0. The van der Waals surface area contributed by atoms with Gasteiger partial charge in [0.25, 0.3) is 30.4 Å². The number of benzene rings is 6. The number of phenols is 2. The molecule has 17 nitrogen and oxygen atoms in total. The molecule has 21 heteroatoms. The molecule has 9 N–H and O–H groups in total. The molecule has 266 valence electrons. The van der Waals surface area contributed by atoms with Crippen LogP contribution in [-0.4, -0.2) is 49.1 Å². The van der Waals surface area contributed by atoms with Crippen LogP contribution in [0, 0.1) is 0 Å². The molecule has 0 amide bonds. The van der Waals surface area contributed by atoms with Crippen LogP contribution in [-0.2, 0) is 30.4 Å². The Bertz CT molecular complexity index is 2850. The minimum Gasteiger partial charge on any atom is -0.505 e. The molecule has 0 aliphatic heterocycles. The summed E-state index contributed by atoms with van der Waals surface area (Å²) in [5.74, 6) is -1.37. The average Bonchev–Trinajstić information content (AvgIpc) is 3.06. The predicted molar refractivity (Wildman–Crippen MR) is 190 cm³/mol. The summed E-state index contributed by atoms with van der Waals surface area (Å²) in [5.41, 5.74) is 12.3. The molecule has 0 atom stereocenters. The molecule has 6 aromatic rings. The van der Waals surface area contributed by atoms with Crippen molar-refractivity contribution in [3.8, 4) is 22.6 Å². The first-order valence-electron chi connectivity index (χ1n) is 14.4. The molecular formula is C32H24N6NaO11S3+. The zero-order chi connectivity index (χ0) is 37.7. The van der Waals surface area contributed by atoms with Crippen molar-refractivity contribution in [2.75, 3.05) is 11.5 Å². The standard InChI is InChI=1S/C32H24N6O11S3.Na/c33-20-6-1-18-12-26(51(44,45)46)29(31(39)24(18)14-20)37-35-21-7-2-16(3-8-21)17-4-9-22(10-5-17)36-38-30-27(52(47,48)49)13-19-11-23(50(41,42)43)15-25(34)28(19)32(30)40;/h1-15,39-40H,33-34H2,(H,41,42,43)(H,44,45,46)(H,47,48,49);/q;+1. The summed E-state index contributed by atoms with van der Waals surface area (Å²) in [6.07, 6.45) is 0. The second kappa shape index (κ2) is 14.4. The number of phenolic OH excluding ortho intramolecular Hbond substituents is 2. The third-order valence-electron chi connectivity index (χ3n) is 7.68. The van der Waals surface area contributed by atoms with Crippen LogP contribution >= 0.6 is 0 Å². The number of fused-ring (bicyclic) bond motifs is 2. The second-order valence-corrected chi connectivity index (χ2v) is 15.4. The molecule has 0 radical (unpaired) electrons. The first kappa shape index (κ1) is 39.2. The first-order chi connectivity index (χ1) is 24.3. The number of hydrogen-bond acceptors (Lipinski definition) is 14. The number of anilines is 2. The number of azo groups is 2. The van der Waals surface area contributed by atoms with Crippen LogP contribution in [0.25, 0.3) is 32.7 Å². The van der Waals surface area contributed by atoms with Gasteiger partial charge in [0.1, 0.15) is 21.2 Å². The molecule has 0 fully saturated rings. The van der Waals surface area contributed by atoms with Crippen LogP contribution in [0.4, 0.5) is 34.1 Å². The zero-order valence-corrected chi connectivity index (χ0v) is 31.5. The normalized spacial score (nSPS) is 12.5. The van der Waals surface area contributed by atoms with E-state index in [9.17, 15) is 49.1 Å². The summed E-state index contributed by atoms with van der Waals surface area (Å²) in [5, 5.41) is 37.4. The third kappa shape index (κ3) is 8.15. The van der Waals surface area contributed by atoms with E-state index in [1.165, 1.54) is 30.3 Å². The van der Waals surface area contributed by atoms with Crippen molar-refractivity contribution in [2.45, 2.75) is 14.7 Å². The van der Waals surface area contributed by atoms with Gasteiger partial charge in [0.05, 0.1) is 16.3 Å². The number of hydrogen-bond donors (Lipinski definition) is 7. The van der Waals surface area contributed by atoms with Gasteiger partial charge < -0.3 is 21.7 Å². The molecule has 0 heterocycles. The number of rotatable bonds is 8. The SMILES string of the molecule is Nc1ccc2cc(S(=O)(=O)O)c(N=Nc3ccc(-c4ccc(N=Nc5c(S(=O)(=O)O)cc6cc(S(=O)(=O)O)cc(N)c6c5O)cc4)cc3)c(O)c2c1.[Na+].